The molecule has 0 bridgehead atoms. The van der Waals surface area contributed by atoms with Crippen LogP contribution in [0.1, 0.15) is 11.7 Å². The number of amides is 1. The van der Waals surface area contributed by atoms with Gasteiger partial charge in [0.2, 0.25) is 0 Å². The number of carbonyl (C=O) groups excluding carboxylic acids is 1. The van der Waals surface area contributed by atoms with Crippen LogP contribution in [0, 0.1) is 0 Å². The highest BCUT2D eigenvalue weighted by atomic mass is 35.5. The SMILES string of the molecule is O=C1OC(c2cccc(Cl)c2)CN1CCO. The van der Waals surface area contributed by atoms with Gasteiger partial charge in [0.25, 0.3) is 0 Å². The van der Waals surface area contributed by atoms with Crippen molar-refractivity contribution in [2.45, 2.75) is 6.10 Å². The molecule has 0 radical (unpaired) electrons. The third kappa shape index (κ3) is 2.28. The van der Waals surface area contributed by atoms with Crippen molar-refractivity contribution >= 4 is 17.7 Å². The zero-order valence-electron chi connectivity index (χ0n) is 8.60. The standard InChI is InChI=1S/C11H12ClNO3/c12-9-3-1-2-8(6-9)10-7-13(4-5-14)11(15)16-10/h1-3,6,10,14H,4-5,7H2. The average Bonchev–Trinajstić information content (AvgIpc) is 2.61. The van der Waals surface area contributed by atoms with Gasteiger partial charge in [0.15, 0.2) is 0 Å². The summed E-state index contributed by atoms with van der Waals surface area (Å²) in [5.74, 6) is 0. The molecule has 1 heterocycles. The van der Waals surface area contributed by atoms with Gasteiger partial charge in [-0.25, -0.2) is 4.79 Å². The van der Waals surface area contributed by atoms with Crippen molar-refractivity contribution in [1.82, 2.24) is 4.90 Å². The normalized spacial score (nSPS) is 20.0. The van der Waals surface area contributed by atoms with Gasteiger partial charge >= 0.3 is 6.09 Å². The average molecular weight is 242 g/mol. The molecular formula is C11H12ClNO3. The molecule has 1 aromatic rings. The van der Waals surface area contributed by atoms with Gasteiger partial charge in [-0.1, -0.05) is 23.7 Å². The molecule has 1 fully saturated rings. The quantitative estimate of drug-likeness (QED) is 0.878. The monoisotopic (exact) mass is 241 g/mol. The molecule has 0 saturated carbocycles. The molecule has 1 aromatic carbocycles. The third-order valence-corrected chi connectivity index (χ3v) is 2.71. The van der Waals surface area contributed by atoms with Crippen LogP contribution in [0.15, 0.2) is 24.3 Å². The van der Waals surface area contributed by atoms with E-state index >= 15 is 0 Å². The van der Waals surface area contributed by atoms with Crippen LogP contribution < -0.4 is 0 Å². The molecule has 1 N–H and O–H groups in total. The van der Waals surface area contributed by atoms with Gasteiger partial charge < -0.3 is 14.7 Å². The van der Waals surface area contributed by atoms with Crippen molar-refractivity contribution in [2.75, 3.05) is 19.7 Å². The summed E-state index contributed by atoms with van der Waals surface area (Å²) in [6.45, 7) is 0.701. The van der Waals surface area contributed by atoms with Crippen molar-refractivity contribution in [1.29, 1.82) is 0 Å². The second-order valence-corrected chi connectivity index (χ2v) is 4.03. The molecule has 1 unspecified atom stereocenters. The summed E-state index contributed by atoms with van der Waals surface area (Å²) >= 11 is 5.86. The maximum Gasteiger partial charge on any atom is 0.410 e. The fourth-order valence-corrected chi connectivity index (χ4v) is 1.89. The van der Waals surface area contributed by atoms with E-state index in [1.165, 1.54) is 4.90 Å². The van der Waals surface area contributed by atoms with Crippen molar-refractivity contribution in [3.05, 3.63) is 34.9 Å². The first-order valence-corrected chi connectivity index (χ1v) is 5.40. The number of rotatable bonds is 3. The molecule has 1 amide bonds. The zero-order valence-corrected chi connectivity index (χ0v) is 9.35. The summed E-state index contributed by atoms with van der Waals surface area (Å²) < 4.78 is 5.18. The summed E-state index contributed by atoms with van der Waals surface area (Å²) in [7, 11) is 0. The number of nitrogens with zero attached hydrogens (tertiary/aromatic N) is 1. The van der Waals surface area contributed by atoms with Crippen LogP contribution in [0.25, 0.3) is 0 Å². The van der Waals surface area contributed by atoms with Gasteiger partial charge in [-0.3, -0.25) is 0 Å². The largest absolute Gasteiger partial charge is 0.439 e. The lowest BCUT2D eigenvalue weighted by Gasteiger charge is -2.10. The number of β-amino-alcohol motifs (C(OH)–C–C–N with tert-alkyl or cyclic N) is 1. The fraction of sp³-hybridized carbons (Fsp3) is 0.364. The molecular weight excluding hydrogens is 230 g/mol. The van der Waals surface area contributed by atoms with Crippen molar-refractivity contribution in [2.24, 2.45) is 0 Å². The van der Waals surface area contributed by atoms with Crippen LogP contribution in [0.3, 0.4) is 0 Å². The van der Waals surface area contributed by atoms with E-state index in [-0.39, 0.29) is 18.8 Å². The number of ether oxygens (including phenoxy) is 1. The second kappa shape index (κ2) is 4.72. The predicted octanol–water partition coefficient (Wildman–Crippen LogP) is 1.83. The molecule has 2 rings (SSSR count). The molecule has 5 heteroatoms. The molecule has 1 saturated heterocycles. The van der Waals surface area contributed by atoms with Gasteiger partial charge in [-0.15, -0.1) is 0 Å². The lowest BCUT2D eigenvalue weighted by molar-refractivity contribution is 0.130. The van der Waals surface area contributed by atoms with E-state index in [2.05, 4.69) is 0 Å². The fourth-order valence-electron chi connectivity index (χ4n) is 1.69. The van der Waals surface area contributed by atoms with Gasteiger partial charge in [0, 0.05) is 11.6 Å². The molecule has 1 aliphatic heterocycles. The van der Waals surface area contributed by atoms with E-state index in [4.69, 9.17) is 21.4 Å². The number of aliphatic hydroxyl groups is 1. The third-order valence-electron chi connectivity index (χ3n) is 2.48. The molecule has 4 nitrogen and oxygen atoms in total. The Balaban J connectivity index is 2.10. The van der Waals surface area contributed by atoms with Gasteiger partial charge in [0.05, 0.1) is 13.2 Å². The van der Waals surface area contributed by atoms with E-state index in [1.807, 2.05) is 12.1 Å². The minimum atomic E-state index is -0.390. The Morgan fingerprint density at radius 1 is 1.56 bits per heavy atom. The summed E-state index contributed by atoms with van der Waals surface area (Å²) in [4.78, 5) is 12.9. The second-order valence-electron chi connectivity index (χ2n) is 3.60. The van der Waals surface area contributed by atoms with Gasteiger partial charge in [-0.2, -0.15) is 0 Å². The maximum atomic E-state index is 11.4. The highest BCUT2D eigenvalue weighted by Crippen LogP contribution is 2.27. The summed E-state index contributed by atoms with van der Waals surface area (Å²) in [5, 5.41) is 9.39. The molecule has 0 aromatic heterocycles. The van der Waals surface area contributed by atoms with Crippen LogP contribution in [0.2, 0.25) is 5.02 Å². The molecule has 16 heavy (non-hydrogen) atoms. The molecule has 1 atom stereocenters. The molecule has 0 aliphatic carbocycles. The van der Waals surface area contributed by atoms with Crippen LogP contribution >= 0.6 is 11.6 Å². The van der Waals surface area contributed by atoms with Crippen LogP contribution in [-0.4, -0.2) is 35.8 Å². The van der Waals surface area contributed by atoms with Gasteiger partial charge in [-0.05, 0) is 17.7 Å². The molecule has 86 valence electrons. The summed E-state index contributed by atoms with van der Waals surface area (Å²) in [6, 6.07) is 7.24. The Kier molecular flexibility index (Phi) is 3.31. The Morgan fingerprint density at radius 2 is 2.38 bits per heavy atom. The van der Waals surface area contributed by atoms with Crippen LogP contribution in [-0.2, 0) is 4.74 Å². The Morgan fingerprint density at radius 3 is 3.06 bits per heavy atom. The van der Waals surface area contributed by atoms with Crippen molar-refractivity contribution in [3.8, 4) is 0 Å². The van der Waals surface area contributed by atoms with Crippen LogP contribution in [0.5, 0.6) is 0 Å². The maximum absolute atomic E-state index is 11.4. The highest BCUT2D eigenvalue weighted by molar-refractivity contribution is 6.30. The van der Waals surface area contributed by atoms with Crippen LogP contribution in [0.4, 0.5) is 4.79 Å². The van der Waals surface area contributed by atoms with E-state index < -0.39 is 0 Å². The lowest BCUT2D eigenvalue weighted by atomic mass is 10.1. The first kappa shape index (κ1) is 11.2. The lowest BCUT2D eigenvalue weighted by Crippen LogP contribution is -2.27. The van der Waals surface area contributed by atoms with Gasteiger partial charge in [0.1, 0.15) is 6.10 Å². The Bertz CT molecular complexity index is 397. The number of aliphatic hydroxyl groups excluding tert-OH is 1. The first-order chi connectivity index (χ1) is 7.70. The van der Waals surface area contributed by atoms with Crippen molar-refractivity contribution in [3.63, 3.8) is 0 Å². The number of carbonyl (C=O) groups is 1. The minimum absolute atomic E-state index is 0.0582. The number of benzene rings is 1. The van der Waals surface area contributed by atoms with E-state index in [1.54, 1.807) is 12.1 Å². The number of hydrogen-bond acceptors (Lipinski definition) is 3. The van der Waals surface area contributed by atoms with E-state index in [0.29, 0.717) is 18.1 Å². The minimum Gasteiger partial charge on any atom is -0.439 e. The summed E-state index contributed by atoms with van der Waals surface area (Å²) in [5.41, 5.74) is 0.876. The predicted molar refractivity (Wildman–Crippen MR) is 59.3 cm³/mol. The smallest absolute Gasteiger partial charge is 0.410 e. The number of halogens is 1. The van der Waals surface area contributed by atoms with Crippen molar-refractivity contribution < 1.29 is 14.6 Å². The summed E-state index contributed by atoms with van der Waals surface area (Å²) in [6.07, 6.45) is -0.684. The number of cyclic esters (lactones) is 1. The molecule has 1 aliphatic rings. The number of hydrogen-bond donors (Lipinski definition) is 1. The van der Waals surface area contributed by atoms with E-state index in [0.717, 1.165) is 5.56 Å². The highest BCUT2D eigenvalue weighted by Gasteiger charge is 2.31. The Labute approximate surface area is 98.4 Å². The Hall–Kier alpha value is -1.26. The molecule has 0 spiro atoms. The van der Waals surface area contributed by atoms with E-state index in [9.17, 15) is 4.79 Å². The topological polar surface area (TPSA) is 49.8 Å². The zero-order chi connectivity index (χ0) is 11.5. The first-order valence-electron chi connectivity index (χ1n) is 5.02.